The van der Waals surface area contributed by atoms with Crippen LogP contribution in [0.15, 0.2) is 23.8 Å². The van der Waals surface area contributed by atoms with Gasteiger partial charge in [-0.2, -0.15) is 0 Å². The summed E-state index contributed by atoms with van der Waals surface area (Å²) in [6.45, 7) is 4.03. The van der Waals surface area contributed by atoms with Gasteiger partial charge in [-0.05, 0) is 57.3 Å². The predicted molar refractivity (Wildman–Crippen MR) is 101 cm³/mol. The van der Waals surface area contributed by atoms with E-state index >= 15 is 0 Å². The van der Waals surface area contributed by atoms with Crippen molar-refractivity contribution >= 4 is 5.91 Å². The van der Waals surface area contributed by atoms with Crippen molar-refractivity contribution in [1.29, 1.82) is 0 Å². The number of hydrogen-bond acceptors (Lipinski definition) is 3. The quantitative estimate of drug-likeness (QED) is 0.528. The molecule has 4 nitrogen and oxygen atoms in total. The summed E-state index contributed by atoms with van der Waals surface area (Å²) in [5, 5.41) is 20.8. The first kappa shape index (κ1) is 20.2. The van der Waals surface area contributed by atoms with E-state index in [-0.39, 0.29) is 17.9 Å². The first-order valence-electron chi connectivity index (χ1n) is 9.87. The molecule has 0 aromatic heterocycles. The van der Waals surface area contributed by atoms with Crippen molar-refractivity contribution in [2.24, 2.45) is 23.5 Å². The fraction of sp³-hybridized carbons (Fsp3) is 0.762. The van der Waals surface area contributed by atoms with Crippen LogP contribution >= 0.6 is 0 Å². The molecule has 2 aliphatic carbocycles. The molecular formula is C21H35NO3. The predicted octanol–water partition coefficient (Wildman–Crippen LogP) is 3.47. The SMILES string of the molecule is CCCC[C@](C)(O)CC=C[C@@H]1[C@H]2CC(CCCC(N)=O)=C[C@H]2C[C@H]1O. The maximum absolute atomic E-state index is 10.9. The normalized spacial score (nSPS) is 31.1. The van der Waals surface area contributed by atoms with E-state index in [0.29, 0.717) is 24.7 Å². The number of primary amides is 1. The molecule has 0 saturated heterocycles. The number of aliphatic hydroxyl groups excluding tert-OH is 1. The third kappa shape index (κ3) is 5.96. The maximum atomic E-state index is 10.9. The average Bonchev–Trinajstić information content (AvgIpc) is 3.03. The van der Waals surface area contributed by atoms with Crippen LogP contribution in [0.4, 0.5) is 0 Å². The number of nitrogens with two attached hydrogens (primary N) is 1. The molecule has 4 N–H and O–H groups in total. The minimum absolute atomic E-state index is 0.178. The zero-order chi connectivity index (χ0) is 18.4. The van der Waals surface area contributed by atoms with Crippen LogP contribution in [-0.4, -0.2) is 27.8 Å². The second-order valence-corrected chi connectivity index (χ2v) is 8.29. The number of aliphatic hydroxyl groups is 2. The molecule has 5 atom stereocenters. The number of hydrogen-bond donors (Lipinski definition) is 3. The zero-order valence-electron chi connectivity index (χ0n) is 15.8. The molecule has 142 valence electrons. The first-order chi connectivity index (χ1) is 11.8. The van der Waals surface area contributed by atoms with Crippen molar-refractivity contribution in [2.75, 3.05) is 0 Å². The van der Waals surface area contributed by atoms with E-state index in [0.717, 1.165) is 44.9 Å². The summed E-state index contributed by atoms with van der Waals surface area (Å²) in [6, 6.07) is 0. The van der Waals surface area contributed by atoms with Crippen molar-refractivity contribution in [3.8, 4) is 0 Å². The van der Waals surface area contributed by atoms with Crippen LogP contribution in [0.5, 0.6) is 0 Å². The van der Waals surface area contributed by atoms with E-state index in [4.69, 9.17) is 5.73 Å². The molecular weight excluding hydrogens is 314 g/mol. The highest BCUT2D eigenvalue weighted by Gasteiger charge is 2.43. The van der Waals surface area contributed by atoms with E-state index in [1.54, 1.807) is 0 Å². The topological polar surface area (TPSA) is 83.5 Å². The lowest BCUT2D eigenvalue weighted by Crippen LogP contribution is -2.23. The minimum Gasteiger partial charge on any atom is -0.392 e. The second kappa shape index (κ2) is 9.00. The van der Waals surface area contributed by atoms with Gasteiger partial charge in [-0.1, -0.05) is 43.6 Å². The standard InChI is InChI=1S/C21H35NO3/c1-3-4-10-21(2,25)11-6-8-17-18-13-15(7-5-9-20(22)24)12-16(18)14-19(17)23/h6,8,12,16-19,23,25H,3-5,7,9-11,13-14H2,1-2H3,(H2,22,24)/t16-,17+,18-,19+,21-/m0/s1. The molecule has 0 aliphatic heterocycles. The summed E-state index contributed by atoms with van der Waals surface area (Å²) < 4.78 is 0. The van der Waals surface area contributed by atoms with Gasteiger partial charge in [0.05, 0.1) is 11.7 Å². The Morgan fingerprint density at radius 3 is 2.88 bits per heavy atom. The monoisotopic (exact) mass is 349 g/mol. The lowest BCUT2D eigenvalue weighted by molar-refractivity contribution is -0.118. The van der Waals surface area contributed by atoms with Gasteiger partial charge in [0.2, 0.25) is 5.91 Å². The third-order valence-corrected chi connectivity index (χ3v) is 5.86. The molecule has 1 amide bonds. The summed E-state index contributed by atoms with van der Waals surface area (Å²) in [6.07, 6.45) is 13.9. The van der Waals surface area contributed by atoms with Gasteiger partial charge in [0.15, 0.2) is 0 Å². The smallest absolute Gasteiger partial charge is 0.217 e. The van der Waals surface area contributed by atoms with Crippen LogP contribution in [0.2, 0.25) is 0 Å². The molecule has 0 unspecified atom stereocenters. The maximum Gasteiger partial charge on any atom is 0.217 e. The molecule has 4 heteroatoms. The number of rotatable bonds is 10. The lowest BCUT2D eigenvalue weighted by Gasteiger charge is -2.22. The molecule has 0 radical (unpaired) electrons. The van der Waals surface area contributed by atoms with Crippen LogP contribution in [0.1, 0.15) is 71.6 Å². The highest BCUT2D eigenvalue weighted by molar-refractivity contribution is 5.73. The highest BCUT2D eigenvalue weighted by atomic mass is 16.3. The van der Waals surface area contributed by atoms with Crippen molar-refractivity contribution in [3.63, 3.8) is 0 Å². The Kier molecular flexibility index (Phi) is 7.26. The Labute approximate surface area is 152 Å². The van der Waals surface area contributed by atoms with Gasteiger partial charge in [-0.3, -0.25) is 4.79 Å². The van der Waals surface area contributed by atoms with Crippen molar-refractivity contribution in [2.45, 2.75) is 83.3 Å². The average molecular weight is 350 g/mol. The van der Waals surface area contributed by atoms with Gasteiger partial charge in [-0.25, -0.2) is 0 Å². The molecule has 1 fully saturated rings. The van der Waals surface area contributed by atoms with Gasteiger partial charge in [0, 0.05) is 12.3 Å². The Bertz CT molecular complexity index is 509. The van der Waals surface area contributed by atoms with Crippen molar-refractivity contribution in [1.82, 2.24) is 0 Å². The molecule has 2 aliphatic rings. The van der Waals surface area contributed by atoms with Crippen LogP contribution in [0.3, 0.4) is 0 Å². The van der Waals surface area contributed by atoms with Crippen molar-refractivity contribution in [3.05, 3.63) is 23.8 Å². The summed E-state index contributed by atoms with van der Waals surface area (Å²) >= 11 is 0. The van der Waals surface area contributed by atoms with Crippen LogP contribution in [0, 0.1) is 17.8 Å². The summed E-state index contributed by atoms with van der Waals surface area (Å²) in [5.41, 5.74) is 5.97. The molecule has 2 rings (SSSR count). The minimum atomic E-state index is -0.649. The van der Waals surface area contributed by atoms with Crippen LogP contribution < -0.4 is 5.73 Å². The zero-order valence-corrected chi connectivity index (χ0v) is 15.8. The Balaban J connectivity index is 1.85. The fourth-order valence-electron chi connectivity index (χ4n) is 4.42. The van der Waals surface area contributed by atoms with Gasteiger partial charge in [0.1, 0.15) is 0 Å². The molecule has 0 aromatic carbocycles. The Morgan fingerprint density at radius 1 is 1.44 bits per heavy atom. The van der Waals surface area contributed by atoms with E-state index < -0.39 is 5.60 Å². The van der Waals surface area contributed by atoms with E-state index in [1.807, 2.05) is 6.92 Å². The number of unbranched alkanes of at least 4 members (excludes halogenated alkanes) is 1. The van der Waals surface area contributed by atoms with Crippen molar-refractivity contribution < 1.29 is 15.0 Å². The molecule has 0 aromatic rings. The van der Waals surface area contributed by atoms with Gasteiger partial charge in [-0.15, -0.1) is 0 Å². The molecule has 1 saturated carbocycles. The van der Waals surface area contributed by atoms with E-state index in [9.17, 15) is 15.0 Å². The number of fused-ring (bicyclic) bond motifs is 1. The molecule has 0 bridgehead atoms. The Hall–Kier alpha value is -1.13. The summed E-state index contributed by atoms with van der Waals surface area (Å²) in [5.74, 6) is 0.867. The first-order valence-corrected chi connectivity index (χ1v) is 9.87. The fourth-order valence-corrected chi connectivity index (χ4v) is 4.42. The van der Waals surface area contributed by atoms with Crippen LogP contribution in [0.25, 0.3) is 0 Å². The highest BCUT2D eigenvalue weighted by Crippen LogP contribution is 2.48. The number of carbonyl (C=O) groups is 1. The van der Waals surface area contributed by atoms with Gasteiger partial charge >= 0.3 is 0 Å². The van der Waals surface area contributed by atoms with E-state index in [1.165, 1.54) is 5.57 Å². The van der Waals surface area contributed by atoms with Gasteiger partial charge in [0.25, 0.3) is 0 Å². The number of amides is 1. The largest absolute Gasteiger partial charge is 0.392 e. The summed E-state index contributed by atoms with van der Waals surface area (Å²) in [4.78, 5) is 10.9. The summed E-state index contributed by atoms with van der Waals surface area (Å²) in [7, 11) is 0. The molecule has 25 heavy (non-hydrogen) atoms. The number of allylic oxidation sites excluding steroid dienone is 2. The van der Waals surface area contributed by atoms with E-state index in [2.05, 4.69) is 25.2 Å². The lowest BCUT2D eigenvalue weighted by atomic mass is 9.87. The van der Waals surface area contributed by atoms with Gasteiger partial charge < -0.3 is 15.9 Å². The second-order valence-electron chi connectivity index (χ2n) is 8.29. The van der Waals surface area contributed by atoms with Crippen LogP contribution in [-0.2, 0) is 4.79 Å². The molecule has 0 heterocycles. The Morgan fingerprint density at radius 2 is 2.20 bits per heavy atom. The molecule has 0 spiro atoms. The number of carbonyl (C=O) groups excluding carboxylic acids is 1. The third-order valence-electron chi connectivity index (χ3n) is 5.86.